The average Bonchev–Trinajstić information content (AvgIpc) is 3.31. The van der Waals surface area contributed by atoms with Gasteiger partial charge in [-0.2, -0.15) is 0 Å². The van der Waals surface area contributed by atoms with Crippen LogP contribution in [-0.2, 0) is 27.2 Å². The number of carbonyl (C=O) groups excluding carboxylic acids is 1. The van der Waals surface area contributed by atoms with Crippen LogP contribution in [0.25, 0.3) is 0 Å². The molecule has 0 unspecified atom stereocenters. The lowest BCUT2D eigenvalue weighted by atomic mass is 9.78. The van der Waals surface area contributed by atoms with E-state index in [1.165, 1.54) is 6.20 Å². The van der Waals surface area contributed by atoms with E-state index in [9.17, 15) is 9.18 Å². The van der Waals surface area contributed by atoms with E-state index in [4.69, 9.17) is 9.47 Å². The molecular formula is C23H32FN3O3. The van der Waals surface area contributed by atoms with Gasteiger partial charge in [0.15, 0.2) is 0 Å². The van der Waals surface area contributed by atoms with Crippen LogP contribution in [0.3, 0.4) is 0 Å². The molecule has 6 nitrogen and oxygen atoms in total. The van der Waals surface area contributed by atoms with Crippen molar-refractivity contribution in [2.24, 2.45) is 11.3 Å². The predicted octanol–water partition coefficient (Wildman–Crippen LogP) is 2.45. The Bertz CT molecular complexity index is 806. The molecular weight excluding hydrogens is 385 g/mol. The van der Waals surface area contributed by atoms with Crippen LogP contribution < -0.4 is 5.32 Å². The number of aromatic nitrogens is 1. The smallest absolute Gasteiger partial charge is 0.229 e. The van der Waals surface area contributed by atoms with Gasteiger partial charge in [0.2, 0.25) is 5.91 Å². The van der Waals surface area contributed by atoms with Crippen molar-refractivity contribution in [1.82, 2.24) is 15.2 Å². The Morgan fingerprint density at radius 2 is 2.33 bits per heavy atom. The molecule has 1 N–H and O–H groups in total. The van der Waals surface area contributed by atoms with Crippen molar-refractivity contribution in [3.05, 3.63) is 29.3 Å². The van der Waals surface area contributed by atoms with E-state index in [2.05, 4.69) is 10.3 Å². The molecule has 0 radical (unpaired) electrons. The number of hydrogen-bond donors (Lipinski definition) is 1. The molecule has 0 spiro atoms. The van der Waals surface area contributed by atoms with Gasteiger partial charge in [-0.25, -0.2) is 4.39 Å². The Hall–Kier alpha value is -1.57. The normalized spacial score (nSPS) is 35.9. The summed E-state index contributed by atoms with van der Waals surface area (Å²) >= 11 is 0. The van der Waals surface area contributed by atoms with Gasteiger partial charge in [-0.1, -0.05) is 6.42 Å². The molecule has 5 atom stereocenters. The fourth-order valence-corrected chi connectivity index (χ4v) is 6.44. The predicted molar refractivity (Wildman–Crippen MR) is 109 cm³/mol. The van der Waals surface area contributed by atoms with E-state index in [0.717, 1.165) is 56.4 Å². The number of methoxy groups -OCH3 is 1. The first kappa shape index (κ1) is 20.3. The van der Waals surface area contributed by atoms with Gasteiger partial charge in [0.05, 0.1) is 24.3 Å². The summed E-state index contributed by atoms with van der Waals surface area (Å²) < 4.78 is 24.9. The van der Waals surface area contributed by atoms with Gasteiger partial charge in [0, 0.05) is 51.0 Å². The first-order chi connectivity index (χ1) is 14.6. The van der Waals surface area contributed by atoms with Crippen LogP contribution >= 0.6 is 0 Å². The molecule has 0 bridgehead atoms. The zero-order chi connectivity index (χ0) is 20.7. The number of rotatable bonds is 4. The molecule has 164 valence electrons. The van der Waals surface area contributed by atoms with E-state index in [1.807, 2.05) is 4.90 Å². The van der Waals surface area contributed by atoms with Gasteiger partial charge in [0.1, 0.15) is 5.82 Å². The summed E-state index contributed by atoms with van der Waals surface area (Å²) in [6.07, 6.45) is 8.19. The van der Waals surface area contributed by atoms with E-state index >= 15 is 0 Å². The number of pyridine rings is 1. The summed E-state index contributed by atoms with van der Waals surface area (Å²) in [5.74, 6) is 0.393. The van der Waals surface area contributed by atoms with Crippen LogP contribution in [0.5, 0.6) is 0 Å². The summed E-state index contributed by atoms with van der Waals surface area (Å²) in [5, 5.41) is 3.82. The second kappa shape index (κ2) is 8.17. The van der Waals surface area contributed by atoms with Crippen LogP contribution in [0.4, 0.5) is 4.39 Å². The van der Waals surface area contributed by atoms with Gasteiger partial charge in [-0.15, -0.1) is 0 Å². The first-order valence-corrected chi connectivity index (χ1v) is 11.4. The van der Waals surface area contributed by atoms with Gasteiger partial charge in [-0.05, 0) is 49.7 Å². The topological polar surface area (TPSA) is 63.7 Å². The summed E-state index contributed by atoms with van der Waals surface area (Å²) in [6, 6.07) is 2.17. The molecule has 0 aromatic carbocycles. The number of ether oxygens (including phenoxy) is 2. The molecule has 2 saturated carbocycles. The van der Waals surface area contributed by atoms with Crippen molar-refractivity contribution < 1.29 is 18.7 Å². The Morgan fingerprint density at radius 1 is 1.43 bits per heavy atom. The lowest BCUT2D eigenvalue weighted by molar-refractivity contribution is -0.144. The highest BCUT2D eigenvalue weighted by atomic mass is 19.1. The molecule has 1 saturated heterocycles. The molecule has 1 amide bonds. The number of nitrogens with zero attached hydrogens (tertiary/aromatic N) is 2. The van der Waals surface area contributed by atoms with E-state index in [-0.39, 0.29) is 29.3 Å². The third kappa shape index (κ3) is 3.55. The van der Waals surface area contributed by atoms with Crippen LogP contribution in [-0.4, -0.2) is 60.8 Å². The maximum Gasteiger partial charge on any atom is 0.229 e. The second-order valence-corrected chi connectivity index (χ2v) is 9.53. The average molecular weight is 418 g/mol. The van der Waals surface area contributed by atoms with Crippen LogP contribution in [0.1, 0.15) is 49.8 Å². The van der Waals surface area contributed by atoms with E-state index < -0.39 is 0 Å². The Kier molecular flexibility index (Phi) is 5.54. The number of carbonyl (C=O) groups is 1. The molecule has 1 aromatic rings. The van der Waals surface area contributed by atoms with Crippen LogP contribution in [0.2, 0.25) is 0 Å². The Labute approximate surface area is 177 Å². The zero-order valence-corrected chi connectivity index (χ0v) is 17.7. The number of nitrogens with one attached hydrogen (secondary N) is 1. The summed E-state index contributed by atoms with van der Waals surface area (Å²) in [4.78, 5) is 20.0. The van der Waals surface area contributed by atoms with Gasteiger partial charge in [-0.3, -0.25) is 9.78 Å². The number of hydrogen-bond acceptors (Lipinski definition) is 5. The lowest BCUT2D eigenvalue weighted by Gasteiger charge is -2.37. The minimum absolute atomic E-state index is 0.0758. The maximum absolute atomic E-state index is 13.8. The Morgan fingerprint density at radius 3 is 3.20 bits per heavy atom. The molecule has 7 heteroatoms. The lowest BCUT2D eigenvalue weighted by Crippen LogP contribution is -2.51. The highest BCUT2D eigenvalue weighted by molar-refractivity contribution is 5.84. The SMILES string of the molecule is CO[C@@H]1COCC[C@@H]1N[C@@H]1C[C@H]2CCC[C@@]2(C(=O)N2CCc3ncc(F)cc3C2)C1. The van der Waals surface area contributed by atoms with Crippen LogP contribution in [0.15, 0.2) is 12.3 Å². The summed E-state index contributed by atoms with van der Waals surface area (Å²) in [5.41, 5.74) is 1.53. The van der Waals surface area contributed by atoms with Gasteiger partial charge in [0.25, 0.3) is 0 Å². The molecule has 3 heterocycles. The molecule has 5 rings (SSSR count). The van der Waals surface area contributed by atoms with Crippen molar-refractivity contribution in [1.29, 1.82) is 0 Å². The highest BCUT2D eigenvalue weighted by Crippen LogP contribution is 2.55. The van der Waals surface area contributed by atoms with Crippen molar-refractivity contribution in [2.75, 3.05) is 26.9 Å². The third-order valence-corrected chi connectivity index (χ3v) is 7.91. The molecule has 30 heavy (non-hydrogen) atoms. The summed E-state index contributed by atoms with van der Waals surface area (Å²) in [7, 11) is 1.74. The fraction of sp³-hybridized carbons (Fsp3) is 0.739. The molecule has 2 aliphatic carbocycles. The molecule has 3 fully saturated rings. The number of amides is 1. The minimum atomic E-state index is -0.325. The second-order valence-electron chi connectivity index (χ2n) is 9.53. The standard InChI is InChI=1S/C23H32FN3O3/c1-29-21-14-30-8-5-20(21)26-18-10-16-3-2-6-23(16,11-18)22(28)27-7-4-19-15(13-27)9-17(24)12-25-19/h9,12,16,18,20-21,26H,2-8,10-11,13-14H2,1H3/t16-,18-,20+,21-,23-/m1/s1. The zero-order valence-electron chi connectivity index (χ0n) is 17.7. The minimum Gasteiger partial charge on any atom is -0.379 e. The molecule has 2 aliphatic heterocycles. The number of fused-ring (bicyclic) bond motifs is 2. The first-order valence-electron chi connectivity index (χ1n) is 11.4. The summed E-state index contributed by atoms with van der Waals surface area (Å²) in [6.45, 7) is 2.56. The highest BCUT2D eigenvalue weighted by Gasteiger charge is 2.56. The van der Waals surface area contributed by atoms with E-state index in [1.54, 1.807) is 13.2 Å². The van der Waals surface area contributed by atoms with Crippen LogP contribution in [0, 0.1) is 17.2 Å². The van der Waals surface area contributed by atoms with Gasteiger partial charge < -0.3 is 19.7 Å². The van der Waals surface area contributed by atoms with Crippen molar-refractivity contribution in [2.45, 2.75) is 69.7 Å². The molecule has 4 aliphatic rings. The largest absolute Gasteiger partial charge is 0.379 e. The van der Waals surface area contributed by atoms with Crippen molar-refractivity contribution in [3.8, 4) is 0 Å². The fourth-order valence-electron chi connectivity index (χ4n) is 6.44. The maximum atomic E-state index is 13.8. The monoisotopic (exact) mass is 417 g/mol. The Balaban J connectivity index is 1.30. The van der Waals surface area contributed by atoms with Gasteiger partial charge >= 0.3 is 0 Å². The quantitative estimate of drug-likeness (QED) is 0.815. The number of halogens is 1. The van der Waals surface area contributed by atoms with Crippen molar-refractivity contribution >= 4 is 5.91 Å². The molecule has 1 aromatic heterocycles. The van der Waals surface area contributed by atoms with E-state index in [0.29, 0.717) is 38.1 Å². The van der Waals surface area contributed by atoms with Crippen molar-refractivity contribution in [3.63, 3.8) is 0 Å². The third-order valence-electron chi connectivity index (χ3n) is 7.91.